The van der Waals surface area contributed by atoms with Crippen molar-refractivity contribution in [2.45, 2.75) is 45.3 Å². The second-order valence-electron chi connectivity index (χ2n) is 10.5. The number of piperazine rings is 1. The number of hydrogen-bond acceptors (Lipinski definition) is 8. The fourth-order valence-electron chi connectivity index (χ4n) is 6.40. The van der Waals surface area contributed by atoms with Crippen LogP contribution in [0.25, 0.3) is 11.3 Å². The number of fused-ring (bicyclic) bond motifs is 1. The topological polar surface area (TPSA) is 81.5 Å². The number of rotatable bonds is 5. The van der Waals surface area contributed by atoms with E-state index in [-0.39, 0.29) is 6.61 Å². The maximum atomic E-state index is 9.42. The van der Waals surface area contributed by atoms with E-state index in [1.54, 1.807) is 6.20 Å². The van der Waals surface area contributed by atoms with Gasteiger partial charge in [0.25, 0.3) is 0 Å². The summed E-state index contributed by atoms with van der Waals surface area (Å²) in [5.74, 6) is 3.97. The maximum absolute atomic E-state index is 9.42. The van der Waals surface area contributed by atoms with Crippen LogP contribution in [-0.2, 0) is 6.61 Å². The van der Waals surface area contributed by atoms with E-state index in [0.29, 0.717) is 17.9 Å². The van der Waals surface area contributed by atoms with E-state index >= 15 is 0 Å². The number of aromatic nitrogens is 4. The van der Waals surface area contributed by atoms with E-state index < -0.39 is 0 Å². The second kappa shape index (κ2) is 9.75. The molecule has 0 aromatic carbocycles. The van der Waals surface area contributed by atoms with Gasteiger partial charge in [0, 0.05) is 74.9 Å². The molecule has 3 aliphatic heterocycles. The van der Waals surface area contributed by atoms with Gasteiger partial charge >= 0.3 is 0 Å². The third-order valence-corrected chi connectivity index (χ3v) is 8.16. The normalized spacial score (nSPS) is 24.4. The smallest absolute Gasteiger partial charge is 0.136 e. The van der Waals surface area contributed by atoms with Gasteiger partial charge in [-0.15, -0.1) is 0 Å². The molecule has 3 unspecified atom stereocenters. The lowest BCUT2D eigenvalue weighted by atomic mass is 9.89. The van der Waals surface area contributed by atoms with Gasteiger partial charge in [-0.3, -0.25) is 9.88 Å². The maximum Gasteiger partial charge on any atom is 0.136 e. The number of aryl methyl sites for hydroxylation is 1. The zero-order valence-electron chi connectivity index (χ0n) is 21.2. The molecule has 0 bridgehead atoms. The first-order chi connectivity index (χ1) is 17.6. The van der Waals surface area contributed by atoms with Crippen LogP contribution >= 0.6 is 0 Å². The van der Waals surface area contributed by atoms with E-state index in [0.717, 1.165) is 72.6 Å². The minimum atomic E-state index is 0.0238. The highest BCUT2D eigenvalue weighted by Gasteiger charge is 2.44. The Balaban J connectivity index is 1.29. The van der Waals surface area contributed by atoms with Crippen LogP contribution in [0.1, 0.15) is 42.6 Å². The Morgan fingerprint density at radius 1 is 1.00 bits per heavy atom. The van der Waals surface area contributed by atoms with Crippen molar-refractivity contribution in [3.05, 3.63) is 59.8 Å². The molecule has 6 heterocycles. The van der Waals surface area contributed by atoms with Gasteiger partial charge in [-0.25, -0.2) is 15.0 Å². The number of nitrogens with zero attached hydrogens (tertiary/aromatic N) is 7. The van der Waals surface area contributed by atoms with Crippen molar-refractivity contribution >= 4 is 11.6 Å². The first-order valence-electron chi connectivity index (χ1n) is 13.2. The number of hydrogen-bond donors (Lipinski definition) is 1. The minimum absolute atomic E-state index is 0.0238. The largest absolute Gasteiger partial charge is 0.392 e. The molecular formula is C28H35N7O. The van der Waals surface area contributed by atoms with Crippen LogP contribution in [0.3, 0.4) is 0 Å². The summed E-state index contributed by atoms with van der Waals surface area (Å²) in [5.41, 5.74) is 4.04. The highest BCUT2D eigenvalue weighted by atomic mass is 16.3. The summed E-state index contributed by atoms with van der Waals surface area (Å²) in [6.45, 7) is 10.3. The van der Waals surface area contributed by atoms with E-state index in [1.807, 2.05) is 30.6 Å². The summed E-state index contributed by atoms with van der Waals surface area (Å²) in [6, 6.07) is 8.83. The first kappa shape index (κ1) is 23.3. The molecule has 3 atom stereocenters. The fraction of sp³-hybridized carbons (Fsp3) is 0.500. The molecule has 0 saturated carbocycles. The molecule has 8 nitrogen and oxygen atoms in total. The lowest BCUT2D eigenvalue weighted by molar-refractivity contribution is 0.281. The number of aliphatic hydroxyl groups is 1. The summed E-state index contributed by atoms with van der Waals surface area (Å²) in [7, 11) is 0. The summed E-state index contributed by atoms with van der Waals surface area (Å²) in [5, 5.41) is 9.42. The van der Waals surface area contributed by atoms with Crippen LogP contribution in [0.15, 0.2) is 42.9 Å². The SMILES string of the molecule is Cc1cc(CO)cnc1N1CCN(c2cc(-c3ccncc3)nc(C3C(C)CN4CCCC34)n2)CC1. The standard InChI is InChI=1S/C28H35N7O/c1-19-14-21(18-36)16-30-28(19)34-12-10-33(11-13-34)25-15-23(22-5-7-29-8-6-22)31-27(32-25)26-20(2)17-35-9-3-4-24(26)35/h5-8,14-16,20,24,26,36H,3-4,9-13,17-18H2,1-2H3. The molecule has 0 spiro atoms. The van der Waals surface area contributed by atoms with Gasteiger partial charge in [0.15, 0.2) is 0 Å². The van der Waals surface area contributed by atoms with Crippen molar-refractivity contribution in [3.8, 4) is 11.3 Å². The highest BCUT2D eigenvalue weighted by Crippen LogP contribution is 2.42. The highest BCUT2D eigenvalue weighted by molar-refractivity contribution is 5.63. The lowest BCUT2D eigenvalue weighted by Crippen LogP contribution is -2.47. The Hall–Kier alpha value is -3.10. The molecule has 36 heavy (non-hydrogen) atoms. The van der Waals surface area contributed by atoms with E-state index in [9.17, 15) is 5.11 Å². The quantitative estimate of drug-likeness (QED) is 0.590. The molecule has 188 valence electrons. The van der Waals surface area contributed by atoms with Crippen molar-refractivity contribution in [2.24, 2.45) is 5.92 Å². The molecular weight excluding hydrogens is 450 g/mol. The first-order valence-corrected chi connectivity index (χ1v) is 13.2. The number of pyridine rings is 2. The molecule has 3 fully saturated rings. The third kappa shape index (κ3) is 4.33. The van der Waals surface area contributed by atoms with Gasteiger partial charge in [0.2, 0.25) is 0 Å². The van der Waals surface area contributed by atoms with Gasteiger partial charge < -0.3 is 14.9 Å². The van der Waals surface area contributed by atoms with Gasteiger partial charge in [0.05, 0.1) is 12.3 Å². The predicted molar refractivity (Wildman–Crippen MR) is 141 cm³/mol. The molecule has 0 aliphatic carbocycles. The Morgan fingerprint density at radius 3 is 2.53 bits per heavy atom. The van der Waals surface area contributed by atoms with Crippen LogP contribution in [0.2, 0.25) is 0 Å². The van der Waals surface area contributed by atoms with E-state index in [1.165, 1.54) is 19.4 Å². The van der Waals surface area contributed by atoms with Gasteiger partial charge in [-0.05, 0) is 61.6 Å². The minimum Gasteiger partial charge on any atom is -0.392 e. The van der Waals surface area contributed by atoms with Crippen molar-refractivity contribution in [2.75, 3.05) is 49.1 Å². The van der Waals surface area contributed by atoms with Crippen molar-refractivity contribution in [1.82, 2.24) is 24.8 Å². The molecule has 3 saturated heterocycles. The zero-order valence-corrected chi connectivity index (χ0v) is 21.2. The van der Waals surface area contributed by atoms with Crippen molar-refractivity contribution in [3.63, 3.8) is 0 Å². The van der Waals surface area contributed by atoms with Crippen LogP contribution in [0, 0.1) is 12.8 Å². The van der Waals surface area contributed by atoms with Crippen LogP contribution in [0.5, 0.6) is 0 Å². The Morgan fingerprint density at radius 2 is 1.78 bits per heavy atom. The molecule has 6 rings (SSSR count). The summed E-state index contributed by atoms with van der Waals surface area (Å²) >= 11 is 0. The van der Waals surface area contributed by atoms with Gasteiger partial charge in [-0.2, -0.15) is 0 Å². The Bertz CT molecular complexity index is 1210. The summed E-state index contributed by atoms with van der Waals surface area (Å²) in [4.78, 5) is 26.6. The summed E-state index contributed by atoms with van der Waals surface area (Å²) in [6.07, 6.45) is 7.97. The fourth-order valence-corrected chi connectivity index (χ4v) is 6.40. The van der Waals surface area contributed by atoms with Crippen LogP contribution < -0.4 is 9.80 Å². The summed E-state index contributed by atoms with van der Waals surface area (Å²) < 4.78 is 0. The Kier molecular flexibility index (Phi) is 6.31. The average molecular weight is 486 g/mol. The van der Waals surface area contributed by atoms with Gasteiger partial charge in [-0.1, -0.05) is 6.92 Å². The molecule has 3 aromatic heterocycles. The molecule has 1 N–H and O–H groups in total. The predicted octanol–water partition coefficient (Wildman–Crippen LogP) is 3.26. The van der Waals surface area contributed by atoms with E-state index in [2.05, 4.69) is 44.6 Å². The second-order valence-corrected chi connectivity index (χ2v) is 10.5. The zero-order chi connectivity index (χ0) is 24.6. The van der Waals surface area contributed by atoms with Crippen molar-refractivity contribution in [1.29, 1.82) is 0 Å². The van der Waals surface area contributed by atoms with E-state index in [4.69, 9.17) is 9.97 Å². The number of aliphatic hydroxyl groups excluding tert-OH is 1. The van der Waals surface area contributed by atoms with Crippen LogP contribution in [-0.4, -0.2) is 75.3 Å². The number of anilines is 2. The van der Waals surface area contributed by atoms with Gasteiger partial charge in [0.1, 0.15) is 17.5 Å². The Labute approximate surface area is 213 Å². The van der Waals surface area contributed by atoms with Crippen molar-refractivity contribution < 1.29 is 5.11 Å². The molecule has 3 aliphatic rings. The third-order valence-electron chi connectivity index (χ3n) is 8.16. The lowest BCUT2D eigenvalue weighted by Gasteiger charge is -2.37. The monoisotopic (exact) mass is 485 g/mol. The molecule has 0 amide bonds. The average Bonchev–Trinajstić information content (AvgIpc) is 3.49. The van der Waals surface area contributed by atoms with Crippen LogP contribution in [0.4, 0.5) is 11.6 Å². The molecule has 3 aromatic rings. The molecule has 8 heteroatoms. The molecule has 0 radical (unpaired) electrons.